The Bertz CT molecular complexity index is 324. The molecule has 0 atom stereocenters. The predicted octanol–water partition coefficient (Wildman–Crippen LogP) is 3.82. The fraction of sp³-hybridized carbons (Fsp3) is 0.538. The van der Waals surface area contributed by atoms with Gasteiger partial charge in [-0.2, -0.15) is 0 Å². The Hall–Kier alpha value is -1.25. The molecular weight excluding hydrogens is 205 g/mol. The third-order valence-corrected chi connectivity index (χ3v) is 2.59. The molecule has 0 saturated heterocycles. The van der Waals surface area contributed by atoms with Gasteiger partial charge in [-0.05, 0) is 31.9 Å². The van der Waals surface area contributed by atoms with Gasteiger partial charge in [0.05, 0.1) is 12.3 Å². The van der Waals surface area contributed by atoms with E-state index in [9.17, 15) is 4.39 Å². The molecule has 3 heteroatoms. The molecule has 1 aromatic carbocycles. The highest BCUT2D eigenvalue weighted by atomic mass is 19.1. The smallest absolute Gasteiger partial charge is 0.145 e. The third kappa shape index (κ3) is 3.40. The fourth-order valence-electron chi connectivity index (χ4n) is 1.60. The van der Waals surface area contributed by atoms with E-state index in [1.165, 1.54) is 12.1 Å². The molecule has 0 aliphatic rings. The molecular formula is C13H20FNO. The van der Waals surface area contributed by atoms with Gasteiger partial charge in [0.15, 0.2) is 0 Å². The number of halogens is 1. The van der Waals surface area contributed by atoms with Crippen LogP contribution in [-0.4, -0.2) is 12.6 Å². The summed E-state index contributed by atoms with van der Waals surface area (Å²) in [6.45, 7) is 6.70. The van der Waals surface area contributed by atoms with Gasteiger partial charge in [0.1, 0.15) is 11.6 Å². The van der Waals surface area contributed by atoms with Crippen molar-refractivity contribution in [3.63, 3.8) is 0 Å². The van der Waals surface area contributed by atoms with E-state index in [0.717, 1.165) is 18.5 Å². The average molecular weight is 225 g/mol. The Morgan fingerprint density at radius 2 is 1.94 bits per heavy atom. The molecule has 0 fully saturated rings. The topological polar surface area (TPSA) is 21.3 Å². The second kappa shape index (κ2) is 6.36. The van der Waals surface area contributed by atoms with Crippen molar-refractivity contribution in [3.8, 4) is 5.75 Å². The van der Waals surface area contributed by atoms with Crippen LogP contribution >= 0.6 is 0 Å². The molecule has 0 spiro atoms. The summed E-state index contributed by atoms with van der Waals surface area (Å²) in [7, 11) is 0. The molecule has 0 amide bonds. The van der Waals surface area contributed by atoms with E-state index in [1.54, 1.807) is 6.07 Å². The van der Waals surface area contributed by atoms with Crippen LogP contribution in [0.3, 0.4) is 0 Å². The monoisotopic (exact) mass is 225 g/mol. The van der Waals surface area contributed by atoms with Crippen molar-refractivity contribution in [2.75, 3.05) is 11.9 Å². The summed E-state index contributed by atoms with van der Waals surface area (Å²) in [6, 6.07) is 5.02. The molecule has 2 nitrogen and oxygen atoms in total. The highest BCUT2D eigenvalue weighted by Crippen LogP contribution is 2.26. The number of hydrogen-bond donors (Lipinski definition) is 1. The molecule has 0 aliphatic carbocycles. The Morgan fingerprint density at radius 1 is 1.25 bits per heavy atom. The predicted molar refractivity (Wildman–Crippen MR) is 65.6 cm³/mol. The Kier molecular flexibility index (Phi) is 5.09. The zero-order valence-electron chi connectivity index (χ0n) is 10.2. The summed E-state index contributed by atoms with van der Waals surface area (Å²) >= 11 is 0. The minimum absolute atomic E-state index is 0.265. The summed E-state index contributed by atoms with van der Waals surface area (Å²) in [6.07, 6.45) is 2.08. The quantitative estimate of drug-likeness (QED) is 0.794. The van der Waals surface area contributed by atoms with E-state index in [0.29, 0.717) is 18.4 Å². The van der Waals surface area contributed by atoms with Gasteiger partial charge in [-0.3, -0.25) is 0 Å². The summed E-state index contributed by atoms with van der Waals surface area (Å²) < 4.78 is 18.5. The summed E-state index contributed by atoms with van der Waals surface area (Å²) in [5.74, 6) is 0.327. The van der Waals surface area contributed by atoms with Crippen LogP contribution in [0.1, 0.15) is 33.6 Å². The van der Waals surface area contributed by atoms with Gasteiger partial charge in [-0.1, -0.05) is 13.8 Å². The molecule has 0 aromatic heterocycles. The largest absolute Gasteiger partial charge is 0.492 e. The van der Waals surface area contributed by atoms with Crippen molar-refractivity contribution in [1.29, 1.82) is 0 Å². The van der Waals surface area contributed by atoms with Gasteiger partial charge < -0.3 is 10.1 Å². The SMILES string of the molecule is CCOc1cc(F)ccc1NC(CC)CC. The van der Waals surface area contributed by atoms with E-state index in [1.807, 2.05) is 6.92 Å². The number of benzene rings is 1. The highest BCUT2D eigenvalue weighted by molar-refractivity contribution is 5.57. The second-order valence-electron chi connectivity index (χ2n) is 3.73. The van der Waals surface area contributed by atoms with E-state index in [-0.39, 0.29) is 5.82 Å². The summed E-state index contributed by atoms with van der Waals surface area (Å²) in [4.78, 5) is 0. The number of anilines is 1. The lowest BCUT2D eigenvalue weighted by Crippen LogP contribution is -2.17. The van der Waals surface area contributed by atoms with Crippen molar-refractivity contribution >= 4 is 5.69 Å². The second-order valence-corrected chi connectivity index (χ2v) is 3.73. The van der Waals surface area contributed by atoms with Gasteiger partial charge in [0.2, 0.25) is 0 Å². The number of rotatable bonds is 6. The zero-order valence-corrected chi connectivity index (χ0v) is 10.2. The van der Waals surface area contributed by atoms with Crippen molar-refractivity contribution in [3.05, 3.63) is 24.0 Å². The molecule has 16 heavy (non-hydrogen) atoms. The molecule has 0 saturated carbocycles. The molecule has 90 valence electrons. The van der Waals surface area contributed by atoms with Crippen molar-refractivity contribution in [1.82, 2.24) is 0 Å². The first kappa shape index (κ1) is 12.8. The zero-order chi connectivity index (χ0) is 12.0. The minimum Gasteiger partial charge on any atom is -0.492 e. The average Bonchev–Trinajstić information content (AvgIpc) is 2.29. The Morgan fingerprint density at radius 3 is 2.50 bits per heavy atom. The molecule has 1 aromatic rings. The number of nitrogens with one attached hydrogen (secondary N) is 1. The molecule has 0 unspecified atom stereocenters. The van der Waals surface area contributed by atoms with Gasteiger partial charge in [0, 0.05) is 12.1 Å². The van der Waals surface area contributed by atoms with Crippen LogP contribution in [0.5, 0.6) is 5.75 Å². The maximum atomic E-state index is 13.1. The maximum absolute atomic E-state index is 13.1. The van der Waals surface area contributed by atoms with Crippen molar-refractivity contribution in [2.45, 2.75) is 39.7 Å². The van der Waals surface area contributed by atoms with Crippen LogP contribution in [0.2, 0.25) is 0 Å². The van der Waals surface area contributed by atoms with E-state index in [2.05, 4.69) is 19.2 Å². The van der Waals surface area contributed by atoms with Crippen molar-refractivity contribution in [2.24, 2.45) is 0 Å². The lowest BCUT2D eigenvalue weighted by Gasteiger charge is -2.19. The Balaban J connectivity index is 2.84. The lowest BCUT2D eigenvalue weighted by molar-refractivity contribution is 0.339. The van der Waals surface area contributed by atoms with Gasteiger partial charge in [0.25, 0.3) is 0 Å². The molecule has 1 N–H and O–H groups in total. The van der Waals surface area contributed by atoms with Crippen LogP contribution in [0.15, 0.2) is 18.2 Å². The van der Waals surface area contributed by atoms with E-state index < -0.39 is 0 Å². The first-order valence-corrected chi connectivity index (χ1v) is 5.90. The number of ether oxygens (including phenoxy) is 1. The van der Waals surface area contributed by atoms with Gasteiger partial charge >= 0.3 is 0 Å². The standard InChI is InChI=1S/C13H20FNO/c1-4-11(5-2)15-12-8-7-10(14)9-13(12)16-6-3/h7-9,11,15H,4-6H2,1-3H3. The highest BCUT2D eigenvalue weighted by Gasteiger charge is 2.09. The molecule has 0 radical (unpaired) electrons. The summed E-state index contributed by atoms with van der Waals surface area (Å²) in [5, 5.41) is 3.37. The van der Waals surface area contributed by atoms with Crippen LogP contribution in [0.25, 0.3) is 0 Å². The molecule has 0 bridgehead atoms. The van der Waals surface area contributed by atoms with Gasteiger partial charge in [-0.25, -0.2) is 4.39 Å². The van der Waals surface area contributed by atoms with Crippen LogP contribution in [0, 0.1) is 5.82 Å². The van der Waals surface area contributed by atoms with Crippen LogP contribution in [-0.2, 0) is 0 Å². The molecule has 0 aliphatic heterocycles. The fourth-order valence-corrected chi connectivity index (χ4v) is 1.60. The van der Waals surface area contributed by atoms with Gasteiger partial charge in [-0.15, -0.1) is 0 Å². The van der Waals surface area contributed by atoms with E-state index in [4.69, 9.17) is 4.74 Å². The lowest BCUT2D eigenvalue weighted by atomic mass is 10.1. The Labute approximate surface area is 96.8 Å². The maximum Gasteiger partial charge on any atom is 0.145 e. The minimum atomic E-state index is -0.265. The molecule has 1 rings (SSSR count). The normalized spacial score (nSPS) is 10.6. The molecule has 0 heterocycles. The number of hydrogen-bond acceptors (Lipinski definition) is 2. The van der Waals surface area contributed by atoms with E-state index >= 15 is 0 Å². The first-order chi connectivity index (χ1) is 7.71. The first-order valence-electron chi connectivity index (χ1n) is 5.90. The summed E-state index contributed by atoms with van der Waals surface area (Å²) in [5.41, 5.74) is 0.872. The van der Waals surface area contributed by atoms with Crippen LogP contribution in [0.4, 0.5) is 10.1 Å². The van der Waals surface area contributed by atoms with Crippen molar-refractivity contribution < 1.29 is 9.13 Å². The third-order valence-electron chi connectivity index (χ3n) is 2.59. The van der Waals surface area contributed by atoms with Crippen LogP contribution < -0.4 is 10.1 Å².